The van der Waals surface area contributed by atoms with E-state index in [4.69, 9.17) is 4.74 Å². The molecule has 0 N–H and O–H groups in total. The number of amides is 1. The van der Waals surface area contributed by atoms with Crippen molar-refractivity contribution < 1.29 is 27.4 Å². The van der Waals surface area contributed by atoms with Crippen molar-refractivity contribution in [1.29, 1.82) is 0 Å². The summed E-state index contributed by atoms with van der Waals surface area (Å²) in [7, 11) is 0. The van der Waals surface area contributed by atoms with E-state index >= 15 is 0 Å². The Kier molecular flexibility index (Phi) is 6.16. The number of nitrogens with zero attached hydrogens (tertiary/aromatic N) is 2. The van der Waals surface area contributed by atoms with Gasteiger partial charge in [-0.2, -0.15) is 8.78 Å². The summed E-state index contributed by atoms with van der Waals surface area (Å²) in [6, 6.07) is 3.72. The standard InChI is InChI=1S/C17H23F3N2O3/c1-17(2,3)25-16(23)22-8-6-21(7-9-22)11-12-4-5-13(10-14(12)18)24-15(19)20/h4-5,10,15H,6-9,11H2,1-3H3. The van der Waals surface area contributed by atoms with E-state index < -0.39 is 18.0 Å². The lowest BCUT2D eigenvalue weighted by atomic mass is 10.1. The minimum atomic E-state index is -2.98. The Hall–Kier alpha value is -1.96. The molecule has 0 aliphatic carbocycles. The molecule has 0 unspecified atom stereocenters. The molecule has 0 aromatic heterocycles. The van der Waals surface area contributed by atoms with Crippen molar-refractivity contribution in [3.05, 3.63) is 29.6 Å². The zero-order valence-corrected chi connectivity index (χ0v) is 14.6. The molecule has 1 fully saturated rings. The van der Waals surface area contributed by atoms with E-state index in [-0.39, 0.29) is 11.8 Å². The number of carbonyl (C=O) groups is 1. The maximum Gasteiger partial charge on any atom is 0.410 e. The van der Waals surface area contributed by atoms with Gasteiger partial charge in [0.25, 0.3) is 0 Å². The normalized spacial score (nSPS) is 16.2. The van der Waals surface area contributed by atoms with Crippen LogP contribution in [0.15, 0.2) is 18.2 Å². The lowest BCUT2D eigenvalue weighted by molar-refractivity contribution is -0.0500. The third-order valence-corrected chi connectivity index (χ3v) is 3.67. The number of rotatable bonds is 4. The zero-order chi connectivity index (χ0) is 18.6. The van der Waals surface area contributed by atoms with Crippen molar-refractivity contribution in [2.24, 2.45) is 0 Å². The maximum atomic E-state index is 14.0. The fourth-order valence-corrected chi connectivity index (χ4v) is 2.49. The van der Waals surface area contributed by atoms with Crippen LogP contribution in [0.1, 0.15) is 26.3 Å². The molecule has 1 amide bonds. The highest BCUT2D eigenvalue weighted by Crippen LogP contribution is 2.20. The van der Waals surface area contributed by atoms with Crippen LogP contribution in [0.25, 0.3) is 0 Å². The van der Waals surface area contributed by atoms with Gasteiger partial charge in [0.1, 0.15) is 17.2 Å². The average molecular weight is 360 g/mol. The summed E-state index contributed by atoms with van der Waals surface area (Å²) >= 11 is 0. The van der Waals surface area contributed by atoms with Gasteiger partial charge < -0.3 is 14.4 Å². The van der Waals surface area contributed by atoms with Crippen LogP contribution in [0, 0.1) is 5.82 Å². The van der Waals surface area contributed by atoms with Gasteiger partial charge in [-0.25, -0.2) is 9.18 Å². The van der Waals surface area contributed by atoms with Crippen molar-refractivity contribution in [2.45, 2.75) is 39.5 Å². The Bertz CT molecular complexity index is 597. The van der Waals surface area contributed by atoms with E-state index in [9.17, 15) is 18.0 Å². The SMILES string of the molecule is CC(C)(C)OC(=O)N1CCN(Cc2ccc(OC(F)F)cc2F)CC1. The molecule has 0 spiro atoms. The number of carbonyl (C=O) groups excluding carboxylic acids is 1. The Morgan fingerprint density at radius 1 is 1.20 bits per heavy atom. The number of hydrogen-bond acceptors (Lipinski definition) is 4. The van der Waals surface area contributed by atoms with E-state index in [1.54, 1.807) is 4.90 Å². The first-order valence-electron chi connectivity index (χ1n) is 8.07. The third kappa shape index (κ3) is 6.12. The summed E-state index contributed by atoms with van der Waals surface area (Å²) in [5.74, 6) is -0.793. The first kappa shape index (κ1) is 19.4. The number of benzene rings is 1. The van der Waals surface area contributed by atoms with Gasteiger partial charge in [-0.05, 0) is 26.8 Å². The van der Waals surface area contributed by atoms with Gasteiger partial charge in [-0.1, -0.05) is 6.07 Å². The molecule has 1 saturated heterocycles. The second-order valence-corrected chi connectivity index (χ2v) is 6.88. The number of piperazine rings is 1. The first-order valence-corrected chi connectivity index (χ1v) is 8.07. The van der Waals surface area contributed by atoms with Crippen LogP contribution in [-0.4, -0.2) is 54.3 Å². The number of ether oxygens (including phenoxy) is 2. The topological polar surface area (TPSA) is 42.0 Å². The monoisotopic (exact) mass is 360 g/mol. The van der Waals surface area contributed by atoms with Crippen LogP contribution < -0.4 is 4.74 Å². The number of alkyl halides is 2. The first-order chi connectivity index (χ1) is 11.6. The van der Waals surface area contributed by atoms with Crippen LogP contribution in [0.5, 0.6) is 5.75 Å². The smallest absolute Gasteiger partial charge is 0.410 e. The van der Waals surface area contributed by atoms with Gasteiger partial charge in [0, 0.05) is 44.4 Å². The Balaban J connectivity index is 1.87. The molecule has 1 aromatic rings. The number of halogens is 3. The Labute approximate surface area is 145 Å². The molecule has 0 saturated carbocycles. The second-order valence-electron chi connectivity index (χ2n) is 6.88. The molecule has 140 valence electrons. The molecule has 0 bridgehead atoms. The predicted molar refractivity (Wildman–Crippen MR) is 86.1 cm³/mol. The second kappa shape index (κ2) is 7.95. The van der Waals surface area contributed by atoms with Crippen molar-refractivity contribution in [3.8, 4) is 5.75 Å². The van der Waals surface area contributed by atoms with Crippen molar-refractivity contribution >= 4 is 6.09 Å². The van der Waals surface area contributed by atoms with Crippen LogP contribution in [0.2, 0.25) is 0 Å². The van der Waals surface area contributed by atoms with Crippen molar-refractivity contribution in [1.82, 2.24) is 9.80 Å². The summed E-state index contributed by atoms with van der Waals surface area (Å²) in [4.78, 5) is 15.6. The largest absolute Gasteiger partial charge is 0.444 e. The number of hydrogen-bond donors (Lipinski definition) is 0. The summed E-state index contributed by atoms with van der Waals surface area (Å²) in [6.45, 7) is 4.92. The molecule has 5 nitrogen and oxygen atoms in total. The third-order valence-electron chi connectivity index (χ3n) is 3.67. The van der Waals surface area contributed by atoms with Gasteiger partial charge in [-0.15, -0.1) is 0 Å². The van der Waals surface area contributed by atoms with Gasteiger partial charge in [-0.3, -0.25) is 4.90 Å². The molecule has 1 heterocycles. The minimum absolute atomic E-state index is 0.203. The molecule has 1 aliphatic heterocycles. The molecule has 1 aliphatic rings. The van der Waals surface area contributed by atoms with Crippen LogP contribution in [0.4, 0.5) is 18.0 Å². The van der Waals surface area contributed by atoms with Crippen molar-refractivity contribution in [3.63, 3.8) is 0 Å². The van der Waals surface area contributed by atoms with Crippen molar-refractivity contribution in [2.75, 3.05) is 26.2 Å². The van der Waals surface area contributed by atoms with Gasteiger partial charge >= 0.3 is 12.7 Å². The summed E-state index contributed by atoms with van der Waals surface area (Å²) < 4.78 is 47.8. The minimum Gasteiger partial charge on any atom is -0.444 e. The molecule has 2 rings (SSSR count). The fraction of sp³-hybridized carbons (Fsp3) is 0.588. The van der Waals surface area contributed by atoms with Crippen LogP contribution >= 0.6 is 0 Å². The zero-order valence-electron chi connectivity index (χ0n) is 14.6. The average Bonchev–Trinajstić information content (AvgIpc) is 2.48. The highest BCUT2D eigenvalue weighted by Gasteiger charge is 2.26. The van der Waals surface area contributed by atoms with Gasteiger partial charge in [0.05, 0.1) is 0 Å². The molecule has 8 heteroatoms. The molecule has 0 atom stereocenters. The van der Waals surface area contributed by atoms with Crippen LogP contribution in [0.3, 0.4) is 0 Å². The molecular formula is C17H23F3N2O3. The summed E-state index contributed by atoms with van der Waals surface area (Å²) in [5, 5.41) is 0. The van der Waals surface area contributed by atoms with E-state index in [1.807, 2.05) is 25.7 Å². The highest BCUT2D eigenvalue weighted by atomic mass is 19.3. The van der Waals surface area contributed by atoms with E-state index in [2.05, 4.69) is 4.74 Å². The maximum absolute atomic E-state index is 14.0. The molecule has 0 radical (unpaired) electrons. The van der Waals surface area contributed by atoms with Crippen LogP contribution in [-0.2, 0) is 11.3 Å². The highest BCUT2D eigenvalue weighted by molar-refractivity contribution is 5.68. The van der Waals surface area contributed by atoms with E-state index in [1.165, 1.54) is 12.1 Å². The summed E-state index contributed by atoms with van der Waals surface area (Å²) in [6.07, 6.45) is -0.355. The van der Waals surface area contributed by atoms with Gasteiger partial charge in [0.15, 0.2) is 0 Å². The Morgan fingerprint density at radius 2 is 1.84 bits per heavy atom. The van der Waals surface area contributed by atoms with E-state index in [0.29, 0.717) is 38.3 Å². The molecule has 1 aromatic carbocycles. The lowest BCUT2D eigenvalue weighted by Crippen LogP contribution is -2.49. The molecular weight excluding hydrogens is 337 g/mol. The Morgan fingerprint density at radius 3 is 2.36 bits per heavy atom. The predicted octanol–water partition coefficient (Wildman–Crippen LogP) is 3.48. The quantitative estimate of drug-likeness (QED) is 0.824. The van der Waals surface area contributed by atoms with Gasteiger partial charge in [0.2, 0.25) is 0 Å². The lowest BCUT2D eigenvalue weighted by Gasteiger charge is -2.35. The fourth-order valence-electron chi connectivity index (χ4n) is 2.49. The molecule has 25 heavy (non-hydrogen) atoms. The van der Waals surface area contributed by atoms with E-state index in [0.717, 1.165) is 6.07 Å². The summed E-state index contributed by atoms with van der Waals surface area (Å²) in [5.41, 5.74) is -0.147.